The van der Waals surface area contributed by atoms with E-state index in [9.17, 15) is 4.79 Å². The number of benzene rings is 1. The Bertz CT molecular complexity index is 477. The molecule has 0 saturated carbocycles. The van der Waals surface area contributed by atoms with Crippen molar-refractivity contribution >= 4 is 27.7 Å². The van der Waals surface area contributed by atoms with E-state index in [-0.39, 0.29) is 5.97 Å². The highest BCUT2D eigenvalue weighted by molar-refractivity contribution is 9.11. The van der Waals surface area contributed by atoms with Crippen molar-refractivity contribution in [3.63, 3.8) is 0 Å². The van der Waals surface area contributed by atoms with Crippen LogP contribution < -0.4 is 4.74 Å². The Labute approximate surface area is 102 Å². The van der Waals surface area contributed by atoms with E-state index in [1.807, 2.05) is 18.2 Å². The molecule has 1 aromatic carbocycles. The van der Waals surface area contributed by atoms with Crippen molar-refractivity contribution < 1.29 is 14.3 Å². The Morgan fingerprint density at radius 2 is 2.19 bits per heavy atom. The molecule has 0 radical (unpaired) electrons. The van der Waals surface area contributed by atoms with Gasteiger partial charge in [0.1, 0.15) is 11.5 Å². The van der Waals surface area contributed by atoms with Crippen LogP contribution in [0.4, 0.5) is 0 Å². The lowest BCUT2D eigenvalue weighted by Gasteiger charge is -2.06. The number of rotatable bonds is 2. The number of hydrogen-bond acceptors (Lipinski definition) is 3. The summed E-state index contributed by atoms with van der Waals surface area (Å²) in [5, 5.41) is 0. The zero-order valence-corrected chi connectivity index (χ0v) is 10.6. The van der Waals surface area contributed by atoms with Crippen LogP contribution in [0.1, 0.15) is 18.1 Å². The summed E-state index contributed by atoms with van der Waals surface area (Å²) in [5.74, 6) is 1.11. The molecule has 1 aliphatic rings. The molecule has 1 aliphatic carbocycles. The predicted molar refractivity (Wildman–Crippen MR) is 64.3 cm³/mol. The van der Waals surface area contributed by atoms with E-state index in [0.29, 0.717) is 5.76 Å². The van der Waals surface area contributed by atoms with Crippen LogP contribution in [0.5, 0.6) is 5.75 Å². The van der Waals surface area contributed by atoms with Gasteiger partial charge in [-0.1, -0.05) is 15.9 Å². The van der Waals surface area contributed by atoms with Gasteiger partial charge in [0, 0.05) is 23.4 Å². The first kappa shape index (κ1) is 11.2. The molecule has 16 heavy (non-hydrogen) atoms. The SMILES string of the molecule is COc1ccc2c(c1)CC(Br)=C2OC(C)=O. The van der Waals surface area contributed by atoms with Crippen LogP contribution in [0.15, 0.2) is 22.7 Å². The molecule has 0 heterocycles. The van der Waals surface area contributed by atoms with E-state index in [0.717, 1.165) is 27.8 Å². The summed E-state index contributed by atoms with van der Waals surface area (Å²) in [6.07, 6.45) is 0.731. The molecule has 2 rings (SSSR count). The highest BCUT2D eigenvalue weighted by Crippen LogP contribution is 2.38. The Kier molecular flexibility index (Phi) is 3.01. The molecule has 0 N–H and O–H groups in total. The van der Waals surface area contributed by atoms with Gasteiger partial charge in [0.05, 0.1) is 7.11 Å². The van der Waals surface area contributed by atoms with E-state index in [1.165, 1.54) is 6.92 Å². The summed E-state index contributed by atoms with van der Waals surface area (Å²) >= 11 is 3.42. The number of ether oxygens (including phenoxy) is 2. The van der Waals surface area contributed by atoms with Crippen LogP contribution in [0.2, 0.25) is 0 Å². The molecule has 0 aliphatic heterocycles. The van der Waals surface area contributed by atoms with Gasteiger partial charge in [-0.05, 0) is 23.8 Å². The first-order valence-electron chi connectivity index (χ1n) is 4.86. The zero-order valence-electron chi connectivity index (χ0n) is 9.04. The van der Waals surface area contributed by atoms with Crippen molar-refractivity contribution in [2.75, 3.05) is 7.11 Å². The molecule has 0 atom stereocenters. The molecule has 1 aromatic rings. The van der Waals surface area contributed by atoms with Gasteiger partial charge >= 0.3 is 5.97 Å². The van der Waals surface area contributed by atoms with Gasteiger partial charge in [-0.25, -0.2) is 0 Å². The van der Waals surface area contributed by atoms with Crippen LogP contribution in [0, 0.1) is 0 Å². The van der Waals surface area contributed by atoms with Crippen molar-refractivity contribution in [2.45, 2.75) is 13.3 Å². The highest BCUT2D eigenvalue weighted by Gasteiger charge is 2.23. The second kappa shape index (κ2) is 4.29. The number of halogens is 1. The van der Waals surface area contributed by atoms with Crippen molar-refractivity contribution in [1.29, 1.82) is 0 Å². The molecule has 3 nitrogen and oxygen atoms in total. The molecular weight excluding hydrogens is 272 g/mol. The fourth-order valence-electron chi connectivity index (χ4n) is 1.71. The lowest BCUT2D eigenvalue weighted by Crippen LogP contribution is -1.97. The smallest absolute Gasteiger partial charge is 0.308 e. The third-order valence-corrected chi connectivity index (χ3v) is 3.04. The number of methoxy groups -OCH3 is 1. The summed E-state index contributed by atoms with van der Waals surface area (Å²) in [6, 6.07) is 5.71. The second-order valence-electron chi connectivity index (χ2n) is 3.53. The number of allylic oxidation sites excluding steroid dienone is 1. The number of carbonyl (C=O) groups excluding carboxylic acids is 1. The number of esters is 1. The monoisotopic (exact) mass is 282 g/mol. The Morgan fingerprint density at radius 1 is 1.44 bits per heavy atom. The number of fused-ring (bicyclic) bond motifs is 1. The van der Waals surface area contributed by atoms with E-state index in [4.69, 9.17) is 9.47 Å². The summed E-state index contributed by atoms with van der Waals surface area (Å²) in [6.45, 7) is 1.40. The van der Waals surface area contributed by atoms with E-state index in [1.54, 1.807) is 7.11 Å². The Morgan fingerprint density at radius 3 is 2.81 bits per heavy atom. The highest BCUT2D eigenvalue weighted by atomic mass is 79.9. The quantitative estimate of drug-likeness (QED) is 0.783. The average molecular weight is 283 g/mol. The summed E-state index contributed by atoms with van der Waals surface area (Å²) in [5.41, 5.74) is 2.05. The second-order valence-corrected chi connectivity index (χ2v) is 4.48. The maximum absolute atomic E-state index is 11.0. The van der Waals surface area contributed by atoms with Gasteiger partial charge in [-0.3, -0.25) is 4.79 Å². The van der Waals surface area contributed by atoms with Crippen molar-refractivity contribution in [1.82, 2.24) is 0 Å². The zero-order chi connectivity index (χ0) is 11.7. The van der Waals surface area contributed by atoms with Gasteiger partial charge in [0.25, 0.3) is 0 Å². The molecule has 0 saturated heterocycles. The fourth-order valence-corrected chi connectivity index (χ4v) is 2.31. The molecule has 0 amide bonds. The third kappa shape index (κ3) is 1.97. The molecule has 84 valence electrons. The molecule has 0 bridgehead atoms. The molecule has 0 spiro atoms. The van der Waals surface area contributed by atoms with Crippen LogP contribution in [0.3, 0.4) is 0 Å². The van der Waals surface area contributed by atoms with Crippen molar-refractivity contribution in [2.24, 2.45) is 0 Å². The predicted octanol–water partition coefficient (Wildman–Crippen LogP) is 2.88. The first-order valence-corrected chi connectivity index (χ1v) is 5.65. The number of hydrogen-bond donors (Lipinski definition) is 0. The molecule has 4 heteroatoms. The molecular formula is C12H11BrO3. The van der Waals surface area contributed by atoms with Gasteiger partial charge in [-0.15, -0.1) is 0 Å². The minimum absolute atomic E-state index is 0.310. The Hall–Kier alpha value is -1.29. The van der Waals surface area contributed by atoms with Crippen molar-refractivity contribution in [3.8, 4) is 5.75 Å². The minimum Gasteiger partial charge on any atom is -0.497 e. The summed E-state index contributed by atoms with van der Waals surface area (Å²) in [7, 11) is 1.63. The fraction of sp³-hybridized carbons (Fsp3) is 0.250. The van der Waals surface area contributed by atoms with Crippen LogP contribution in [-0.4, -0.2) is 13.1 Å². The van der Waals surface area contributed by atoms with Crippen LogP contribution in [-0.2, 0) is 16.0 Å². The topological polar surface area (TPSA) is 35.5 Å². The summed E-state index contributed by atoms with van der Waals surface area (Å²) < 4.78 is 11.2. The van der Waals surface area contributed by atoms with Crippen LogP contribution >= 0.6 is 15.9 Å². The summed E-state index contributed by atoms with van der Waals surface area (Å²) in [4.78, 5) is 11.0. The lowest BCUT2D eigenvalue weighted by atomic mass is 10.1. The minimum atomic E-state index is -0.310. The largest absolute Gasteiger partial charge is 0.497 e. The van der Waals surface area contributed by atoms with E-state index >= 15 is 0 Å². The van der Waals surface area contributed by atoms with Gasteiger partial charge in [-0.2, -0.15) is 0 Å². The van der Waals surface area contributed by atoms with Crippen LogP contribution in [0.25, 0.3) is 5.76 Å². The standard InChI is InChI=1S/C12H11BrO3/c1-7(14)16-12-10-4-3-9(15-2)5-8(10)6-11(12)13/h3-5H,6H2,1-2H3. The molecule has 0 unspecified atom stereocenters. The van der Waals surface area contributed by atoms with Crippen molar-refractivity contribution in [3.05, 3.63) is 33.8 Å². The molecule has 0 fully saturated rings. The maximum atomic E-state index is 11.0. The Balaban J connectivity index is 2.38. The van der Waals surface area contributed by atoms with E-state index < -0.39 is 0 Å². The van der Waals surface area contributed by atoms with Gasteiger partial charge < -0.3 is 9.47 Å². The molecule has 0 aromatic heterocycles. The first-order chi connectivity index (χ1) is 7.61. The maximum Gasteiger partial charge on any atom is 0.308 e. The van der Waals surface area contributed by atoms with Gasteiger partial charge in [0.2, 0.25) is 0 Å². The normalized spacial score (nSPS) is 13.7. The number of carbonyl (C=O) groups is 1. The lowest BCUT2D eigenvalue weighted by molar-refractivity contribution is -0.134. The van der Waals surface area contributed by atoms with E-state index in [2.05, 4.69) is 15.9 Å². The average Bonchev–Trinajstić information content (AvgIpc) is 2.54. The third-order valence-electron chi connectivity index (χ3n) is 2.39. The van der Waals surface area contributed by atoms with Gasteiger partial charge in [0.15, 0.2) is 0 Å².